The molecule has 0 heterocycles. The van der Waals surface area contributed by atoms with Gasteiger partial charge in [0.25, 0.3) is 0 Å². The maximum atomic E-state index is 12.1. The van der Waals surface area contributed by atoms with E-state index in [-0.39, 0.29) is 17.9 Å². The van der Waals surface area contributed by atoms with Crippen LogP contribution in [0.15, 0.2) is 30.3 Å². The summed E-state index contributed by atoms with van der Waals surface area (Å²) >= 11 is 0. The van der Waals surface area contributed by atoms with Gasteiger partial charge in [0.1, 0.15) is 6.04 Å². The average molecular weight is 248 g/mol. The first kappa shape index (κ1) is 14.2. The highest BCUT2D eigenvalue weighted by molar-refractivity contribution is 5.88. The summed E-state index contributed by atoms with van der Waals surface area (Å²) in [5.41, 5.74) is 0.789. The van der Waals surface area contributed by atoms with Crippen LogP contribution in [0.5, 0.6) is 0 Å². The van der Waals surface area contributed by atoms with Crippen molar-refractivity contribution in [2.24, 2.45) is 0 Å². The summed E-state index contributed by atoms with van der Waals surface area (Å²) in [6.07, 6.45) is 0.359. The van der Waals surface area contributed by atoms with Crippen molar-refractivity contribution in [2.45, 2.75) is 39.3 Å². The second kappa shape index (κ2) is 6.79. The van der Waals surface area contributed by atoms with Crippen LogP contribution in [-0.2, 0) is 9.59 Å². The zero-order valence-corrected chi connectivity index (χ0v) is 11.1. The van der Waals surface area contributed by atoms with Crippen LogP contribution in [0.25, 0.3) is 0 Å². The van der Waals surface area contributed by atoms with Gasteiger partial charge >= 0.3 is 0 Å². The molecule has 0 aromatic heterocycles. The van der Waals surface area contributed by atoms with Crippen LogP contribution < -0.4 is 10.6 Å². The molecule has 0 unspecified atom stereocenters. The third-order valence-electron chi connectivity index (χ3n) is 2.45. The topological polar surface area (TPSA) is 58.2 Å². The van der Waals surface area contributed by atoms with E-state index in [2.05, 4.69) is 10.6 Å². The summed E-state index contributed by atoms with van der Waals surface area (Å²) < 4.78 is 0. The molecular formula is C14H20N2O2. The fourth-order valence-corrected chi connectivity index (χ4v) is 1.58. The Morgan fingerprint density at radius 2 is 1.72 bits per heavy atom. The lowest BCUT2D eigenvalue weighted by molar-refractivity contribution is -0.129. The molecule has 4 nitrogen and oxygen atoms in total. The van der Waals surface area contributed by atoms with Crippen molar-refractivity contribution < 1.29 is 9.59 Å². The van der Waals surface area contributed by atoms with E-state index >= 15 is 0 Å². The zero-order chi connectivity index (χ0) is 13.5. The predicted molar refractivity (Wildman–Crippen MR) is 70.9 cm³/mol. The van der Waals surface area contributed by atoms with Crippen LogP contribution in [0.1, 0.15) is 38.8 Å². The van der Waals surface area contributed by atoms with Gasteiger partial charge in [-0.05, 0) is 19.4 Å². The van der Waals surface area contributed by atoms with E-state index in [0.717, 1.165) is 5.56 Å². The molecule has 18 heavy (non-hydrogen) atoms. The second-order valence-electron chi connectivity index (χ2n) is 4.43. The van der Waals surface area contributed by atoms with Crippen LogP contribution in [0.3, 0.4) is 0 Å². The molecule has 0 fully saturated rings. The first-order valence-corrected chi connectivity index (χ1v) is 6.19. The molecule has 0 aliphatic rings. The fraction of sp³-hybridized carbons (Fsp3) is 0.429. The largest absolute Gasteiger partial charge is 0.352 e. The van der Waals surface area contributed by atoms with E-state index in [4.69, 9.17) is 0 Å². The summed E-state index contributed by atoms with van der Waals surface area (Å²) in [5, 5.41) is 5.55. The minimum Gasteiger partial charge on any atom is -0.352 e. The summed E-state index contributed by atoms with van der Waals surface area (Å²) in [4.78, 5) is 23.6. The first-order valence-electron chi connectivity index (χ1n) is 6.19. The number of hydrogen-bond acceptors (Lipinski definition) is 2. The summed E-state index contributed by atoms with van der Waals surface area (Å²) in [5.74, 6) is -0.319. The highest BCUT2D eigenvalue weighted by atomic mass is 16.2. The zero-order valence-electron chi connectivity index (χ0n) is 11.1. The molecule has 2 amide bonds. The quantitative estimate of drug-likeness (QED) is 0.834. The SMILES string of the molecule is CCC(=O)N[C@H](C(=O)NC(C)C)c1ccccc1. The van der Waals surface area contributed by atoms with Crippen LogP contribution in [-0.4, -0.2) is 17.9 Å². The Bertz CT molecular complexity index is 402. The van der Waals surface area contributed by atoms with Gasteiger partial charge in [-0.15, -0.1) is 0 Å². The number of benzene rings is 1. The van der Waals surface area contributed by atoms with E-state index in [1.165, 1.54) is 0 Å². The Morgan fingerprint density at radius 3 is 2.22 bits per heavy atom. The van der Waals surface area contributed by atoms with Gasteiger partial charge in [-0.3, -0.25) is 9.59 Å². The van der Waals surface area contributed by atoms with Gasteiger partial charge in [0, 0.05) is 12.5 Å². The summed E-state index contributed by atoms with van der Waals surface area (Å²) in [6.45, 7) is 5.54. The molecule has 1 atom stereocenters. The van der Waals surface area contributed by atoms with Crippen LogP contribution in [0.2, 0.25) is 0 Å². The Balaban J connectivity index is 2.88. The van der Waals surface area contributed by atoms with Crippen molar-refractivity contribution in [1.82, 2.24) is 10.6 Å². The molecule has 0 bridgehead atoms. The third-order valence-corrected chi connectivity index (χ3v) is 2.45. The molecule has 0 spiro atoms. The van der Waals surface area contributed by atoms with Crippen LogP contribution >= 0.6 is 0 Å². The van der Waals surface area contributed by atoms with E-state index < -0.39 is 6.04 Å². The van der Waals surface area contributed by atoms with Gasteiger partial charge in [0.2, 0.25) is 11.8 Å². The molecule has 1 aromatic rings. The standard InChI is InChI=1S/C14H20N2O2/c1-4-12(17)16-13(14(18)15-10(2)3)11-8-6-5-7-9-11/h5-10,13H,4H2,1-3H3,(H,15,18)(H,16,17)/t13-/m0/s1. The number of rotatable bonds is 5. The van der Waals surface area contributed by atoms with Crippen molar-refractivity contribution in [3.8, 4) is 0 Å². The van der Waals surface area contributed by atoms with Gasteiger partial charge in [-0.25, -0.2) is 0 Å². The minimum absolute atomic E-state index is 0.0437. The Morgan fingerprint density at radius 1 is 1.11 bits per heavy atom. The molecule has 4 heteroatoms. The minimum atomic E-state index is -0.624. The highest BCUT2D eigenvalue weighted by Crippen LogP contribution is 2.13. The monoisotopic (exact) mass is 248 g/mol. The second-order valence-corrected chi connectivity index (χ2v) is 4.43. The number of hydrogen-bond donors (Lipinski definition) is 2. The number of nitrogens with one attached hydrogen (secondary N) is 2. The summed E-state index contributed by atoms with van der Waals surface area (Å²) in [7, 11) is 0. The molecule has 2 N–H and O–H groups in total. The lowest BCUT2D eigenvalue weighted by Crippen LogP contribution is -2.42. The van der Waals surface area contributed by atoms with E-state index in [1.54, 1.807) is 6.92 Å². The van der Waals surface area contributed by atoms with Crippen molar-refractivity contribution in [2.75, 3.05) is 0 Å². The maximum absolute atomic E-state index is 12.1. The molecule has 0 saturated carbocycles. The van der Waals surface area contributed by atoms with Crippen molar-refractivity contribution in [1.29, 1.82) is 0 Å². The molecule has 0 aliphatic heterocycles. The Hall–Kier alpha value is -1.84. The molecule has 98 valence electrons. The smallest absolute Gasteiger partial charge is 0.247 e. The van der Waals surface area contributed by atoms with Crippen LogP contribution in [0.4, 0.5) is 0 Å². The molecule has 0 radical (unpaired) electrons. The van der Waals surface area contributed by atoms with Gasteiger partial charge in [-0.1, -0.05) is 37.3 Å². The predicted octanol–water partition coefficient (Wildman–Crippen LogP) is 1.78. The first-order chi connectivity index (χ1) is 8.54. The van der Waals surface area contributed by atoms with Gasteiger partial charge < -0.3 is 10.6 Å². The molecule has 1 rings (SSSR count). The van der Waals surface area contributed by atoms with E-state index in [9.17, 15) is 9.59 Å². The number of carbonyl (C=O) groups excluding carboxylic acids is 2. The molecule has 1 aromatic carbocycles. The normalized spacial score (nSPS) is 12.0. The highest BCUT2D eigenvalue weighted by Gasteiger charge is 2.22. The van der Waals surface area contributed by atoms with Crippen LogP contribution in [0, 0.1) is 0 Å². The lowest BCUT2D eigenvalue weighted by Gasteiger charge is -2.20. The van der Waals surface area contributed by atoms with Crippen molar-refractivity contribution in [3.63, 3.8) is 0 Å². The lowest BCUT2D eigenvalue weighted by atomic mass is 10.1. The molecular weight excluding hydrogens is 228 g/mol. The number of carbonyl (C=O) groups is 2. The summed E-state index contributed by atoms with van der Waals surface area (Å²) in [6, 6.07) is 8.67. The average Bonchev–Trinajstić information content (AvgIpc) is 2.35. The third kappa shape index (κ3) is 4.20. The van der Waals surface area contributed by atoms with E-state index in [0.29, 0.717) is 6.42 Å². The molecule has 0 aliphatic carbocycles. The number of amides is 2. The van der Waals surface area contributed by atoms with Gasteiger partial charge in [0.05, 0.1) is 0 Å². The van der Waals surface area contributed by atoms with Gasteiger partial charge in [-0.2, -0.15) is 0 Å². The Kier molecular flexibility index (Phi) is 5.36. The Labute approximate surface area is 108 Å². The van der Waals surface area contributed by atoms with E-state index in [1.807, 2.05) is 44.2 Å². The van der Waals surface area contributed by atoms with Gasteiger partial charge in [0.15, 0.2) is 0 Å². The maximum Gasteiger partial charge on any atom is 0.247 e. The van der Waals surface area contributed by atoms with Crippen molar-refractivity contribution in [3.05, 3.63) is 35.9 Å². The fourth-order valence-electron chi connectivity index (χ4n) is 1.58. The van der Waals surface area contributed by atoms with Crippen molar-refractivity contribution >= 4 is 11.8 Å². The molecule has 0 saturated heterocycles.